The van der Waals surface area contributed by atoms with E-state index in [2.05, 4.69) is 4.90 Å². The lowest BCUT2D eigenvalue weighted by Crippen LogP contribution is -2.36. The Hall–Kier alpha value is -1.43. The van der Waals surface area contributed by atoms with Gasteiger partial charge in [0, 0.05) is 18.7 Å². The van der Waals surface area contributed by atoms with Crippen LogP contribution in [0.2, 0.25) is 0 Å². The largest absolute Gasteiger partial charge is 0.465 e. The highest BCUT2D eigenvalue weighted by Gasteiger charge is 2.23. The number of ketones is 1. The van der Waals surface area contributed by atoms with Crippen molar-refractivity contribution in [3.8, 4) is 0 Å². The highest BCUT2D eigenvalue weighted by atomic mass is 35.5. The van der Waals surface area contributed by atoms with Crippen molar-refractivity contribution in [1.29, 1.82) is 0 Å². The zero-order valence-corrected chi connectivity index (χ0v) is 12.2. The van der Waals surface area contributed by atoms with E-state index in [9.17, 15) is 9.59 Å². The summed E-state index contributed by atoms with van der Waals surface area (Å²) in [7, 11) is 1.35. The maximum Gasteiger partial charge on any atom is 0.337 e. The molecule has 2 rings (SSSR count). The third-order valence-corrected chi connectivity index (χ3v) is 3.27. The van der Waals surface area contributed by atoms with Gasteiger partial charge in [0.25, 0.3) is 0 Å². The van der Waals surface area contributed by atoms with E-state index in [1.165, 1.54) is 7.11 Å². The van der Waals surface area contributed by atoms with Gasteiger partial charge >= 0.3 is 5.97 Å². The molecule has 0 unspecified atom stereocenters. The molecule has 0 saturated heterocycles. The molecule has 1 aliphatic heterocycles. The minimum Gasteiger partial charge on any atom is -0.465 e. The second kappa shape index (κ2) is 7.38. The molecule has 1 heterocycles. The average Bonchev–Trinajstić information content (AvgIpc) is 2.43. The van der Waals surface area contributed by atoms with E-state index in [1.54, 1.807) is 18.2 Å². The van der Waals surface area contributed by atoms with Crippen molar-refractivity contribution in [2.75, 3.05) is 26.7 Å². The Morgan fingerprint density at radius 1 is 1.40 bits per heavy atom. The van der Waals surface area contributed by atoms with Gasteiger partial charge in [0.15, 0.2) is 5.78 Å². The lowest BCUT2D eigenvalue weighted by Gasteiger charge is -2.27. The van der Waals surface area contributed by atoms with E-state index >= 15 is 0 Å². The molecule has 0 bridgehead atoms. The fraction of sp³-hybridized carbons (Fsp3) is 0.429. The predicted octanol–water partition coefficient (Wildman–Crippen LogP) is 1.24. The van der Waals surface area contributed by atoms with Crippen LogP contribution in [-0.2, 0) is 11.3 Å². The van der Waals surface area contributed by atoms with Gasteiger partial charge in [-0.1, -0.05) is 6.07 Å². The summed E-state index contributed by atoms with van der Waals surface area (Å²) in [6.07, 6.45) is 0.860. The Balaban J connectivity index is 0.00000200. The quantitative estimate of drug-likeness (QED) is 0.847. The second-order valence-corrected chi connectivity index (χ2v) is 4.64. The standard InChI is InChI=1S/C14H18N2O3.ClH/c1-19-14(18)10-3-4-12-11(7-10)8-16(6-2-5-15)9-13(12)17;/h3-4,7H,2,5-6,8-9,15H2,1H3;1H. The first-order valence-corrected chi connectivity index (χ1v) is 6.32. The first-order valence-electron chi connectivity index (χ1n) is 6.32. The summed E-state index contributed by atoms with van der Waals surface area (Å²) in [6.45, 7) is 2.50. The molecular weight excluding hydrogens is 280 g/mol. The number of rotatable bonds is 4. The van der Waals surface area contributed by atoms with Gasteiger partial charge in [-0.05, 0) is 30.7 Å². The monoisotopic (exact) mass is 298 g/mol. The molecule has 6 heteroatoms. The minimum absolute atomic E-state index is 0. The van der Waals surface area contributed by atoms with Crippen LogP contribution in [0.25, 0.3) is 0 Å². The van der Waals surface area contributed by atoms with Crippen LogP contribution in [-0.4, -0.2) is 43.4 Å². The molecule has 0 fully saturated rings. The smallest absolute Gasteiger partial charge is 0.337 e. The maximum absolute atomic E-state index is 12.0. The summed E-state index contributed by atoms with van der Waals surface area (Å²) in [5, 5.41) is 0. The molecule has 0 aromatic heterocycles. The number of nitrogens with two attached hydrogens (primary N) is 1. The van der Waals surface area contributed by atoms with Gasteiger partial charge in [0.1, 0.15) is 0 Å². The lowest BCUT2D eigenvalue weighted by molar-refractivity contribution is 0.0599. The van der Waals surface area contributed by atoms with Gasteiger partial charge in [-0.25, -0.2) is 4.79 Å². The van der Waals surface area contributed by atoms with Crippen LogP contribution in [0.4, 0.5) is 0 Å². The Bertz CT molecular complexity index is 505. The number of hydrogen-bond acceptors (Lipinski definition) is 5. The molecule has 0 aliphatic carbocycles. The van der Waals surface area contributed by atoms with Crippen molar-refractivity contribution in [2.24, 2.45) is 5.73 Å². The number of hydrogen-bond donors (Lipinski definition) is 1. The molecule has 110 valence electrons. The van der Waals surface area contributed by atoms with Crippen LogP contribution < -0.4 is 5.73 Å². The second-order valence-electron chi connectivity index (χ2n) is 4.64. The molecule has 1 aliphatic rings. The Morgan fingerprint density at radius 3 is 2.80 bits per heavy atom. The molecule has 0 saturated carbocycles. The molecule has 2 N–H and O–H groups in total. The molecule has 0 amide bonds. The molecule has 0 radical (unpaired) electrons. The fourth-order valence-corrected chi connectivity index (χ4v) is 2.30. The van der Waals surface area contributed by atoms with E-state index in [-0.39, 0.29) is 24.2 Å². The first kappa shape index (κ1) is 16.6. The van der Waals surface area contributed by atoms with Crippen LogP contribution >= 0.6 is 12.4 Å². The number of halogens is 1. The van der Waals surface area contributed by atoms with Gasteiger partial charge in [-0.2, -0.15) is 0 Å². The predicted molar refractivity (Wildman–Crippen MR) is 78.3 cm³/mol. The minimum atomic E-state index is -0.380. The molecular formula is C14H19ClN2O3. The molecule has 5 nitrogen and oxygen atoms in total. The molecule has 20 heavy (non-hydrogen) atoms. The van der Waals surface area contributed by atoms with Gasteiger partial charge < -0.3 is 10.5 Å². The van der Waals surface area contributed by atoms with E-state index in [1.807, 2.05) is 0 Å². The van der Waals surface area contributed by atoms with Gasteiger partial charge in [-0.15, -0.1) is 12.4 Å². The first-order chi connectivity index (χ1) is 9.15. The number of fused-ring (bicyclic) bond motifs is 1. The normalized spacial score (nSPS) is 14.4. The van der Waals surface area contributed by atoms with Crippen LogP contribution in [0.3, 0.4) is 0 Å². The third-order valence-electron chi connectivity index (χ3n) is 3.27. The zero-order valence-electron chi connectivity index (χ0n) is 11.4. The summed E-state index contributed by atoms with van der Waals surface area (Å²) in [5.74, 6) is -0.288. The number of esters is 1. The van der Waals surface area contributed by atoms with Crippen LogP contribution in [0.1, 0.15) is 32.7 Å². The summed E-state index contributed by atoms with van der Waals surface area (Å²) in [6, 6.07) is 5.09. The van der Waals surface area contributed by atoms with Crippen LogP contribution in [0.5, 0.6) is 0 Å². The van der Waals surface area contributed by atoms with Gasteiger partial charge in [0.2, 0.25) is 0 Å². The third kappa shape index (κ3) is 3.56. The summed E-state index contributed by atoms with van der Waals surface area (Å²) < 4.78 is 4.69. The number of methoxy groups -OCH3 is 1. The SMILES string of the molecule is COC(=O)c1ccc2c(c1)CN(CCCN)CC2=O.Cl. The molecule has 1 aromatic carbocycles. The van der Waals surface area contributed by atoms with E-state index in [4.69, 9.17) is 10.5 Å². The van der Waals surface area contributed by atoms with Crippen molar-refractivity contribution >= 4 is 24.2 Å². The number of Topliss-reactive ketones (excluding diaryl/α,β-unsaturated/α-hetero) is 1. The van der Waals surface area contributed by atoms with Crippen LogP contribution in [0.15, 0.2) is 18.2 Å². The van der Waals surface area contributed by atoms with Crippen molar-refractivity contribution in [3.63, 3.8) is 0 Å². The fourth-order valence-electron chi connectivity index (χ4n) is 2.30. The van der Waals surface area contributed by atoms with Crippen molar-refractivity contribution in [1.82, 2.24) is 4.90 Å². The van der Waals surface area contributed by atoms with E-state index < -0.39 is 0 Å². The average molecular weight is 299 g/mol. The molecule has 0 spiro atoms. The summed E-state index contributed by atoms with van der Waals surface area (Å²) in [4.78, 5) is 25.6. The summed E-state index contributed by atoms with van der Waals surface area (Å²) >= 11 is 0. The van der Waals surface area contributed by atoms with Gasteiger partial charge in [0.05, 0.1) is 19.2 Å². The number of carbonyl (C=O) groups excluding carboxylic acids is 2. The van der Waals surface area contributed by atoms with Gasteiger partial charge in [-0.3, -0.25) is 9.69 Å². The number of carbonyl (C=O) groups is 2. The lowest BCUT2D eigenvalue weighted by atomic mass is 9.96. The van der Waals surface area contributed by atoms with Crippen molar-refractivity contribution < 1.29 is 14.3 Å². The number of nitrogens with zero attached hydrogens (tertiary/aromatic N) is 1. The van der Waals surface area contributed by atoms with Crippen molar-refractivity contribution in [2.45, 2.75) is 13.0 Å². The summed E-state index contributed by atoms with van der Waals surface area (Å²) in [5.41, 5.74) is 7.56. The topological polar surface area (TPSA) is 72.6 Å². The Kier molecular flexibility index (Phi) is 6.13. The Morgan fingerprint density at radius 2 is 2.15 bits per heavy atom. The number of benzene rings is 1. The molecule has 1 aromatic rings. The van der Waals surface area contributed by atoms with Crippen LogP contribution in [0, 0.1) is 0 Å². The van der Waals surface area contributed by atoms with Crippen molar-refractivity contribution in [3.05, 3.63) is 34.9 Å². The highest BCUT2D eigenvalue weighted by molar-refractivity contribution is 6.01. The Labute approximate surface area is 124 Å². The zero-order chi connectivity index (χ0) is 13.8. The number of ether oxygens (including phenoxy) is 1. The van der Waals surface area contributed by atoms with E-state index in [0.717, 1.165) is 18.5 Å². The molecule has 0 atom stereocenters. The maximum atomic E-state index is 12.0. The highest BCUT2D eigenvalue weighted by Crippen LogP contribution is 2.21. The van der Waals surface area contributed by atoms with E-state index in [0.29, 0.717) is 30.8 Å².